The standard InChI is InChI=1S/C27H25ClN2O6/c1-3-34-21-12-17(11-18(28)25(21)35-14-16-8-5-4-7-15(16)13-29)22-23-19(31)9-6-10-20(23)36-26(30)24(22)27(32)33-2/h4-5,7-8,11-12,22H,3,6,9-10,14,30H2,1-2H3/t22-/m1/s1. The molecule has 4 rings (SSSR count). The molecular weight excluding hydrogens is 484 g/mol. The first-order valence-corrected chi connectivity index (χ1v) is 11.9. The Kier molecular flexibility index (Phi) is 7.51. The molecule has 1 atom stereocenters. The zero-order valence-electron chi connectivity index (χ0n) is 19.9. The molecule has 0 fully saturated rings. The molecule has 0 saturated heterocycles. The number of carbonyl (C=O) groups is 2. The van der Waals surface area contributed by atoms with Crippen molar-refractivity contribution >= 4 is 23.4 Å². The van der Waals surface area contributed by atoms with Crippen LogP contribution < -0.4 is 15.2 Å². The Labute approximate surface area is 213 Å². The minimum absolute atomic E-state index is 0.0293. The van der Waals surface area contributed by atoms with E-state index in [0.717, 1.165) is 0 Å². The molecule has 2 aromatic rings. The summed E-state index contributed by atoms with van der Waals surface area (Å²) in [5, 5.41) is 9.58. The SMILES string of the molecule is CCOc1cc([C@H]2C(C(=O)OC)=C(N)OC3=C2C(=O)CCC3)cc(Cl)c1OCc1ccccc1C#N. The highest BCUT2D eigenvalue weighted by molar-refractivity contribution is 6.32. The molecule has 1 aliphatic heterocycles. The summed E-state index contributed by atoms with van der Waals surface area (Å²) in [5.74, 6) is -0.717. The van der Waals surface area contributed by atoms with Crippen LogP contribution in [-0.2, 0) is 25.7 Å². The zero-order chi connectivity index (χ0) is 25.8. The van der Waals surface area contributed by atoms with Gasteiger partial charge in [0.05, 0.1) is 36.3 Å². The third-order valence-corrected chi connectivity index (χ3v) is 6.35. The third kappa shape index (κ3) is 4.75. The molecule has 0 amide bonds. The van der Waals surface area contributed by atoms with E-state index in [4.69, 9.17) is 36.3 Å². The molecule has 186 valence electrons. The summed E-state index contributed by atoms with van der Waals surface area (Å²) in [5.41, 5.74) is 8.23. The van der Waals surface area contributed by atoms with E-state index in [1.807, 2.05) is 13.0 Å². The van der Waals surface area contributed by atoms with E-state index in [0.29, 0.717) is 59.6 Å². The molecule has 0 spiro atoms. The summed E-state index contributed by atoms with van der Waals surface area (Å²) in [6.07, 6.45) is 1.49. The number of halogens is 1. The maximum Gasteiger partial charge on any atom is 0.340 e. The number of nitrogens with zero attached hydrogens (tertiary/aromatic N) is 1. The number of allylic oxidation sites excluding steroid dienone is 2. The van der Waals surface area contributed by atoms with Crippen LogP contribution in [0.4, 0.5) is 0 Å². The Bertz CT molecular complexity index is 1320. The van der Waals surface area contributed by atoms with Crippen LogP contribution in [0.5, 0.6) is 11.5 Å². The van der Waals surface area contributed by atoms with Crippen LogP contribution in [0.25, 0.3) is 0 Å². The lowest BCUT2D eigenvalue weighted by atomic mass is 9.77. The highest BCUT2D eigenvalue weighted by Crippen LogP contribution is 2.47. The van der Waals surface area contributed by atoms with Crippen molar-refractivity contribution in [2.45, 2.75) is 38.7 Å². The number of ether oxygens (including phenoxy) is 4. The average Bonchev–Trinajstić information content (AvgIpc) is 2.87. The second-order valence-electron chi connectivity index (χ2n) is 8.24. The molecule has 2 N–H and O–H groups in total. The van der Waals surface area contributed by atoms with Gasteiger partial charge < -0.3 is 24.7 Å². The van der Waals surface area contributed by atoms with E-state index < -0.39 is 11.9 Å². The summed E-state index contributed by atoms with van der Waals surface area (Å²) < 4.78 is 22.5. The smallest absolute Gasteiger partial charge is 0.340 e. The van der Waals surface area contributed by atoms with Crippen LogP contribution in [0.3, 0.4) is 0 Å². The quantitative estimate of drug-likeness (QED) is 0.536. The maximum absolute atomic E-state index is 13.0. The Morgan fingerprint density at radius 3 is 2.75 bits per heavy atom. The molecule has 0 saturated carbocycles. The van der Waals surface area contributed by atoms with Gasteiger partial charge in [-0.2, -0.15) is 5.26 Å². The second-order valence-corrected chi connectivity index (χ2v) is 8.65. The van der Waals surface area contributed by atoms with Crippen molar-refractivity contribution in [1.82, 2.24) is 0 Å². The molecule has 0 bridgehead atoms. The number of ketones is 1. The van der Waals surface area contributed by atoms with Crippen LogP contribution in [-0.4, -0.2) is 25.5 Å². The van der Waals surface area contributed by atoms with Gasteiger partial charge in [-0.1, -0.05) is 29.8 Å². The van der Waals surface area contributed by atoms with Gasteiger partial charge in [-0.05, 0) is 37.1 Å². The molecule has 0 unspecified atom stereocenters. The highest BCUT2D eigenvalue weighted by Gasteiger charge is 2.41. The molecule has 0 radical (unpaired) electrons. The molecule has 8 nitrogen and oxygen atoms in total. The summed E-state index contributed by atoms with van der Waals surface area (Å²) in [4.78, 5) is 25.7. The van der Waals surface area contributed by atoms with E-state index in [2.05, 4.69) is 6.07 Å². The number of nitriles is 1. The lowest BCUT2D eigenvalue weighted by Gasteiger charge is -2.32. The Balaban J connectivity index is 1.80. The van der Waals surface area contributed by atoms with Gasteiger partial charge in [0.25, 0.3) is 0 Å². The number of carbonyl (C=O) groups excluding carboxylic acids is 2. The number of hydrogen-bond acceptors (Lipinski definition) is 8. The van der Waals surface area contributed by atoms with Gasteiger partial charge in [0.1, 0.15) is 17.9 Å². The summed E-state index contributed by atoms with van der Waals surface area (Å²) in [6.45, 7) is 2.22. The molecule has 1 heterocycles. The fourth-order valence-corrected chi connectivity index (χ4v) is 4.73. The number of Topliss-reactive ketones (excluding diaryl/α,β-unsaturated/α-hetero) is 1. The van der Waals surface area contributed by atoms with Gasteiger partial charge in [0, 0.05) is 24.0 Å². The molecule has 2 aliphatic rings. The number of nitrogens with two attached hydrogens (primary N) is 1. The van der Waals surface area contributed by atoms with Gasteiger partial charge in [-0.25, -0.2) is 4.79 Å². The van der Waals surface area contributed by atoms with Crippen molar-refractivity contribution in [3.05, 3.63) is 80.9 Å². The fourth-order valence-electron chi connectivity index (χ4n) is 4.46. The van der Waals surface area contributed by atoms with Gasteiger partial charge in [-0.3, -0.25) is 4.79 Å². The van der Waals surface area contributed by atoms with Gasteiger partial charge >= 0.3 is 5.97 Å². The summed E-state index contributed by atoms with van der Waals surface area (Å²) in [7, 11) is 1.24. The molecule has 0 aromatic heterocycles. The number of hydrogen-bond donors (Lipinski definition) is 1. The van der Waals surface area contributed by atoms with Gasteiger partial charge in [-0.15, -0.1) is 0 Å². The fraction of sp³-hybridized carbons (Fsp3) is 0.296. The van der Waals surface area contributed by atoms with Crippen molar-refractivity contribution in [2.75, 3.05) is 13.7 Å². The first-order chi connectivity index (χ1) is 17.4. The minimum Gasteiger partial charge on any atom is -0.490 e. The topological polar surface area (TPSA) is 121 Å². The second kappa shape index (κ2) is 10.8. The van der Waals surface area contributed by atoms with Crippen LogP contribution in [0.15, 0.2) is 59.2 Å². The molecule has 2 aromatic carbocycles. The molecule has 9 heteroatoms. The van der Waals surface area contributed by atoms with Gasteiger partial charge in [0.2, 0.25) is 5.88 Å². The monoisotopic (exact) mass is 508 g/mol. The molecule has 36 heavy (non-hydrogen) atoms. The molecule has 1 aliphatic carbocycles. The highest BCUT2D eigenvalue weighted by atomic mass is 35.5. The van der Waals surface area contributed by atoms with Crippen LogP contribution in [0.2, 0.25) is 5.02 Å². The van der Waals surface area contributed by atoms with Crippen LogP contribution in [0.1, 0.15) is 48.8 Å². The van der Waals surface area contributed by atoms with Crippen molar-refractivity contribution < 1.29 is 28.5 Å². The van der Waals surface area contributed by atoms with E-state index in [9.17, 15) is 14.9 Å². The summed E-state index contributed by atoms with van der Waals surface area (Å²) in [6, 6.07) is 12.5. The number of esters is 1. The Morgan fingerprint density at radius 2 is 2.03 bits per heavy atom. The predicted octanol–water partition coefficient (Wildman–Crippen LogP) is 4.65. The minimum atomic E-state index is -0.834. The predicted molar refractivity (Wildman–Crippen MR) is 131 cm³/mol. The average molecular weight is 509 g/mol. The van der Waals surface area contributed by atoms with Crippen molar-refractivity contribution in [1.29, 1.82) is 5.26 Å². The first kappa shape index (κ1) is 25.1. The van der Waals surface area contributed by atoms with Gasteiger partial charge in [0.15, 0.2) is 17.3 Å². The first-order valence-electron chi connectivity index (χ1n) is 11.5. The van der Waals surface area contributed by atoms with Crippen LogP contribution >= 0.6 is 11.6 Å². The maximum atomic E-state index is 13.0. The Morgan fingerprint density at radius 1 is 1.25 bits per heavy atom. The zero-order valence-corrected chi connectivity index (χ0v) is 20.7. The van der Waals surface area contributed by atoms with Crippen molar-refractivity contribution in [2.24, 2.45) is 5.73 Å². The normalized spacial score (nSPS) is 17.2. The third-order valence-electron chi connectivity index (χ3n) is 6.06. The Hall–Kier alpha value is -3.96. The van der Waals surface area contributed by atoms with Crippen molar-refractivity contribution in [3.63, 3.8) is 0 Å². The number of benzene rings is 2. The number of methoxy groups -OCH3 is 1. The lowest BCUT2D eigenvalue weighted by molar-refractivity contribution is -0.136. The van der Waals surface area contributed by atoms with E-state index in [-0.39, 0.29) is 34.6 Å². The largest absolute Gasteiger partial charge is 0.490 e. The van der Waals surface area contributed by atoms with E-state index in [1.165, 1.54) is 7.11 Å². The van der Waals surface area contributed by atoms with Crippen LogP contribution in [0, 0.1) is 11.3 Å². The van der Waals surface area contributed by atoms with E-state index >= 15 is 0 Å². The number of rotatable bonds is 7. The van der Waals surface area contributed by atoms with Crippen molar-refractivity contribution in [3.8, 4) is 17.6 Å². The summed E-state index contributed by atoms with van der Waals surface area (Å²) >= 11 is 6.67. The lowest BCUT2D eigenvalue weighted by Crippen LogP contribution is -2.31. The molecular formula is C27H25ClN2O6. The van der Waals surface area contributed by atoms with E-state index in [1.54, 1.807) is 30.3 Å².